The monoisotopic (exact) mass is 287 g/mol. The van der Waals surface area contributed by atoms with E-state index in [9.17, 15) is 4.79 Å². The first kappa shape index (κ1) is 14.1. The number of imidazole rings is 1. The van der Waals surface area contributed by atoms with Crippen molar-refractivity contribution in [3.63, 3.8) is 0 Å². The molecule has 0 fully saturated rings. The molecule has 1 aliphatic carbocycles. The van der Waals surface area contributed by atoms with Gasteiger partial charge in [0.15, 0.2) is 0 Å². The minimum Gasteiger partial charge on any atom is -0.383 e. The summed E-state index contributed by atoms with van der Waals surface area (Å²) in [5.74, 6) is 0.162. The van der Waals surface area contributed by atoms with E-state index in [2.05, 4.69) is 35.0 Å². The third-order valence-corrected chi connectivity index (χ3v) is 4.11. The number of pyridine rings is 1. The molecule has 2 aromatic heterocycles. The molecule has 5 nitrogen and oxygen atoms in total. The first-order chi connectivity index (χ1) is 10.2. The Morgan fingerprint density at radius 2 is 2.43 bits per heavy atom. The predicted molar refractivity (Wildman–Crippen MR) is 80.3 cm³/mol. The molecule has 1 unspecified atom stereocenters. The van der Waals surface area contributed by atoms with Gasteiger partial charge in [-0.25, -0.2) is 4.98 Å². The van der Waals surface area contributed by atoms with Gasteiger partial charge in [-0.15, -0.1) is 0 Å². The van der Waals surface area contributed by atoms with Gasteiger partial charge in [-0.2, -0.15) is 0 Å². The van der Waals surface area contributed by atoms with Crippen molar-refractivity contribution < 1.29 is 9.53 Å². The standard InChI is InChI=1S/C16H21N3O2/c1-11-5-7-19-14-10-12(16(20)17-6-8-21-2)3-4-13(14)18-15(19)9-11/h5,7,9,12H,3-4,6,8,10H2,1-2H3,(H,17,20). The number of carbonyl (C=O) groups excluding carboxylic acids is 1. The molecule has 0 bridgehead atoms. The third kappa shape index (κ3) is 2.78. The predicted octanol–water partition coefficient (Wildman–Crippen LogP) is 1.51. The number of aryl methyl sites for hydroxylation is 2. The maximum atomic E-state index is 12.2. The summed E-state index contributed by atoms with van der Waals surface area (Å²) in [6.45, 7) is 3.20. The number of methoxy groups -OCH3 is 1. The molecule has 112 valence electrons. The van der Waals surface area contributed by atoms with E-state index < -0.39 is 0 Å². The van der Waals surface area contributed by atoms with Gasteiger partial charge in [0.05, 0.1) is 12.3 Å². The minimum absolute atomic E-state index is 0.0376. The van der Waals surface area contributed by atoms with Crippen molar-refractivity contribution in [1.82, 2.24) is 14.7 Å². The summed E-state index contributed by atoms with van der Waals surface area (Å²) >= 11 is 0. The van der Waals surface area contributed by atoms with Crippen molar-refractivity contribution in [2.45, 2.75) is 26.2 Å². The molecule has 0 saturated heterocycles. The molecule has 0 saturated carbocycles. The van der Waals surface area contributed by atoms with E-state index in [0.717, 1.165) is 30.6 Å². The van der Waals surface area contributed by atoms with Gasteiger partial charge in [-0.05, 0) is 37.5 Å². The minimum atomic E-state index is 0.0376. The van der Waals surface area contributed by atoms with E-state index in [1.165, 1.54) is 11.3 Å². The molecule has 5 heteroatoms. The lowest BCUT2D eigenvalue weighted by Gasteiger charge is -2.21. The molecule has 21 heavy (non-hydrogen) atoms. The van der Waals surface area contributed by atoms with E-state index in [1.54, 1.807) is 7.11 Å². The summed E-state index contributed by atoms with van der Waals surface area (Å²) in [4.78, 5) is 16.9. The zero-order valence-electron chi connectivity index (χ0n) is 12.6. The number of rotatable bonds is 4. The molecule has 3 rings (SSSR count). The number of nitrogens with zero attached hydrogens (tertiary/aromatic N) is 2. The van der Waals surface area contributed by atoms with Crippen molar-refractivity contribution in [2.75, 3.05) is 20.3 Å². The van der Waals surface area contributed by atoms with Crippen LogP contribution in [0.15, 0.2) is 18.3 Å². The van der Waals surface area contributed by atoms with Gasteiger partial charge in [-0.3, -0.25) is 4.79 Å². The Labute approximate surface area is 124 Å². The van der Waals surface area contributed by atoms with Crippen molar-refractivity contribution in [3.8, 4) is 0 Å². The summed E-state index contributed by atoms with van der Waals surface area (Å²) in [7, 11) is 1.64. The van der Waals surface area contributed by atoms with E-state index >= 15 is 0 Å². The van der Waals surface area contributed by atoms with Crippen LogP contribution < -0.4 is 5.32 Å². The van der Waals surface area contributed by atoms with Crippen molar-refractivity contribution in [3.05, 3.63) is 35.3 Å². The van der Waals surface area contributed by atoms with Crippen molar-refractivity contribution in [1.29, 1.82) is 0 Å². The third-order valence-electron chi connectivity index (χ3n) is 4.11. The Morgan fingerprint density at radius 1 is 1.57 bits per heavy atom. The van der Waals surface area contributed by atoms with Crippen LogP contribution in [0, 0.1) is 12.8 Å². The van der Waals surface area contributed by atoms with E-state index in [1.807, 2.05) is 0 Å². The van der Waals surface area contributed by atoms with Gasteiger partial charge < -0.3 is 14.5 Å². The zero-order valence-corrected chi connectivity index (χ0v) is 12.6. The first-order valence-corrected chi connectivity index (χ1v) is 7.42. The molecule has 2 heterocycles. The quantitative estimate of drug-likeness (QED) is 0.867. The smallest absolute Gasteiger partial charge is 0.223 e. The molecule has 1 amide bonds. The van der Waals surface area contributed by atoms with E-state index in [0.29, 0.717) is 13.2 Å². The number of fused-ring (bicyclic) bond motifs is 3. The molecule has 1 aliphatic rings. The maximum Gasteiger partial charge on any atom is 0.223 e. The highest BCUT2D eigenvalue weighted by Gasteiger charge is 2.27. The average Bonchev–Trinajstić information content (AvgIpc) is 2.83. The van der Waals surface area contributed by atoms with Gasteiger partial charge in [-0.1, -0.05) is 0 Å². The fourth-order valence-corrected chi connectivity index (χ4v) is 2.95. The molecule has 0 aromatic carbocycles. The second kappa shape index (κ2) is 5.85. The SMILES string of the molecule is COCCNC(=O)C1CCc2nc3cc(C)ccn3c2C1. The van der Waals surface area contributed by atoms with Crippen LogP contribution in [0.5, 0.6) is 0 Å². The second-order valence-electron chi connectivity index (χ2n) is 5.66. The molecule has 1 N–H and O–H groups in total. The van der Waals surface area contributed by atoms with Crippen LogP contribution in [0.1, 0.15) is 23.4 Å². The van der Waals surface area contributed by atoms with Crippen LogP contribution in [-0.2, 0) is 22.4 Å². The fraction of sp³-hybridized carbons (Fsp3) is 0.500. The number of amides is 1. The summed E-state index contributed by atoms with van der Waals surface area (Å²) in [6, 6.07) is 4.17. The molecule has 0 aliphatic heterocycles. The number of ether oxygens (including phenoxy) is 1. The lowest BCUT2D eigenvalue weighted by atomic mass is 9.89. The Hall–Kier alpha value is -1.88. The van der Waals surface area contributed by atoms with Crippen LogP contribution in [-0.4, -0.2) is 35.6 Å². The van der Waals surface area contributed by atoms with Crippen LogP contribution in [0.3, 0.4) is 0 Å². The summed E-state index contributed by atoms with van der Waals surface area (Å²) in [6.07, 6.45) is 4.56. The lowest BCUT2D eigenvalue weighted by molar-refractivity contribution is -0.125. The Balaban J connectivity index is 1.78. The van der Waals surface area contributed by atoms with Gasteiger partial charge in [0.25, 0.3) is 0 Å². The van der Waals surface area contributed by atoms with Gasteiger partial charge in [0.2, 0.25) is 5.91 Å². The fourth-order valence-electron chi connectivity index (χ4n) is 2.95. The lowest BCUT2D eigenvalue weighted by Crippen LogP contribution is -2.36. The van der Waals surface area contributed by atoms with E-state index in [4.69, 9.17) is 9.72 Å². The molecule has 1 atom stereocenters. The highest BCUT2D eigenvalue weighted by atomic mass is 16.5. The number of aromatic nitrogens is 2. The van der Waals surface area contributed by atoms with Crippen LogP contribution in [0.2, 0.25) is 0 Å². The van der Waals surface area contributed by atoms with Crippen LogP contribution >= 0.6 is 0 Å². The van der Waals surface area contributed by atoms with Gasteiger partial charge in [0.1, 0.15) is 5.65 Å². The highest BCUT2D eigenvalue weighted by Crippen LogP contribution is 2.26. The average molecular weight is 287 g/mol. The largest absolute Gasteiger partial charge is 0.383 e. The molecule has 2 aromatic rings. The molecular weight excluding hydrogens is 266 g/mol. The summed E-state index contributed by atoms with van der Waals surface area (Å²) < 4.78 is 7.09. The topological polar surface area (TPSA) is 55.6 Å². The van der Waals surface area contributed by atoms with Crippen LogP contribution in [0.4, 0.5) is 0 Å². The van der Waals surface area contributed by atoms with Crippen molar-refractivity contribution >= 4 is 11.6 Å². The van der Waals surface area contributed by atoms with Gasteiger partial charge >= 0.3 is 0 Å². The van der Waals surface area contributed by atoms with Crippen LogP contribution in [0.25, 0.3) is 5.65 Å². The Morgan fingerprint density at radius 3 is 3.24 bits per heavy atom. The number of carbonyl (C=O) groups is 1. The number of hydrogen-bond donors (Lipinski definition) is 1. The number of hydrogen-bond acceptors (Lipinski definition) is 3. The Kier molecular flexibility index (Phi) is 3.92. The number of nitrogens with one attached hydrogen (secondary N) is 1. The normalized spacial score (nSPS) is 17.7. The summed E-state index contributed by atoms with van der Waals surface area (Å²) in [5, 5.41) is 2.94. The summed E-state index contributed by atoms with van der Waals surface area (Å²) in [5.41, 5.74) is 4.52. The Bertz CT molecular complexity index is 663. The van der Waals surface area contributed by atoms with E-state index in [-0.39, 0.29) is 11.8 Å². The molecule has 0 spiro atoms. The highest BCUT2D eigenvalue weighted by molar-refractivity contribution is 5.79. The second-order valence-corrected chi connectivity index (χ2v) is 5.66. The molecule has 0 radical (unpaired) electrons. The first-order valence-electron chi connectivity index (χ1n) is 7.42. The zero-order chi connectivity index (χ0) is 14.8. The van der Waals surface area contributed by atoms with Crippen molar-refractivity contribution in [2.24, 2.45) is 5.92 Å². The maximum absolute atomic E-state index is 12.2. The molecular formula is C16H21N3O2. The van der Waals surface area contributed by atoms with Gasteiger partial charge in [0, 0.05) is 37.9 Å².